The Balaban J connectivity index is 0.996. The zero-order chi connectivity index (χ0) is 36.8. The van der Waals surface area contributed by atoms with Crippen LogP contribution in [-0.4, -0.2) is 47.6 Å². The van der Waals surface area contributed by atoms with Gasteiger partial charge in [-0.15, -0.1) is 0 Å². The van der Waals surface area contributed by atoms with Gasteiger partial charge < -0.3 is 35.8 Å². The lowest BCUT2D eigenvalue weighted by molar-refractivity contribution is -0.253. The van der Waals surface area contributed by atoms with Crippen LogP contribution in [0.25, 0.3) is 11.1 Å². The summed E-state index contributed by atoms with van der Waals surface area (Å²) in [5.74, 6) is -0.0155. The fourth-order valence-corrected chi connectivity index (χ4v) is 7.23. The molecule has 9 heteroatoms. The Bertz CT molecular complexity index is 1770. The molecule has 0 aliphatic carbocycles. The highest BCUT2D eigenvalue weighted by atomic mass is 16.7. The predicted octanol–water partition coefficient (Wildman–Crippen LogP) is 8.05. The number of nitrogen functional groups attached to an aromatic ring is 1. The summed E-state index contributed by atoms with van der Waals surface area (Å²) < 4.78 is 13.3. The number of likely N-dealkylation sites (tertiary alicyclic amines) is 1. The van der Waals surface area contributed by atoms with Gasteiger partial charge in [0.05, 0.1) is 30.2 Å². The van der Waals surface area contributed by atoms with Gasteiger partial charge in [-0.05, 0) is 90.9 Å². The number of carbonyl (C=O) groups excluding carboxylic acids is 2. The average Bonchev–Trinajstić information content (AvgIpc) is 3.20. The number of nitrogens with one attached hydrogen (secondary N) is 2. The number of para-hydroxylation sites is 2. The van der Waals surface area contributed by atoms with Crippen LogP contribution in [0.4, 0.5) is 11.4 Å². The minimum atomic E-state index is -0.505. The summed E-state index contributed by atoms with van der Waals surface area (Å²) >= 11 is 0. The summed E-state index contributed by atoms with van der Waals surface area (Å²) in [5.41, 5.74) is 13.2. The van der Waals surface area contributed by atoms with E-state index in [1.807, 2.05) is 36.4 Å². The van der Waals surface area contributed by atoms with E-state index in [-0.39, 0.29) is 30.6 Å². The molecule has 280 valence electrons. The Hall–Kier alpha value is -4.54. The number of anilines is 2. The summed E-state index contributed by atoms with van der Waals surface area (Å²) in [6.45, 7) is 3.59. The normalized spacial score (nSPS) is 19.1. The van der Waals surface area contributed by atoms with Crippen LogP contribution in [-0.2, 0) is 32.2 Å². The number of piperidine rings is 1. The minimum absolute atomic E-state index is 0.0203. The molecule has 9 nitrogen and oxygen atoms in total. The molecule has 2 amide bonds. The van der Waals surface area contributed by atoms with Crippen molar-refractivity contribution in [1.82, 2.24) is 10.2 Å². The maximum absolute atomic E-state index is 12.7. The van der Waals surface area contributed by atoms with Crippen molar-refractivity contribution in [3.8, 4) is 11.1 Å². The van der Waals surface area contributed by atoms with Crippen LogP contribution < -0.4 is 16.4 Å². The molecule has 4 aromatic rings. The van der Waals surface area contributed by atoms with Crippen molar-refractivity contribution < 1.29 is 24.2 Å². The summed E-state index contributed by atoms with van der Waals surface area (Å²) in [7, 11) is 0. The highest BCUT2D eigenvalue weighted by Gasteiger charge is 2.33. The Morgan fingerprint density at radius 3 is 2.21 bits per heavy atom. The number of hydrogen-bond acceptors (Lipinski definition) is 7. The Kier molecular flexibility index (Phi) is 14.1. The molecular formula is C44H54N4O5. The van der Waals surface area contributed by atoms with Crippen LogP contribution in [0.1, 0.15) is 98.9 Å². The summed E-state index contributed by atoms with van der Waals surface area (Å²) in [4.78, 5) is 27.4. The number of ether oxygens (including phenoxy) is 2. The second-order valence-corrected chi connectivity index (χ2v) is 14.4. The molecule has 6 rings (SSSR count). The molecule has 0 spiro atoms. The molecule has 3 atom stereocenters. The van der Waals surface area contributed by atoms with Gasteiger partial charge in [-0.25, -0.2) is 0 Å². The Morgan fingerprint density at radius 2 is 1.45 bits per heavy atom. The van der Waals surface area contributed by atoms with Gasteiger partial charge in [-0.1, -0.05) is 92.1 Å². The maximum Gasteiger partial charge on any atom is 0.224 e. The smallest absolute Gasteiger partial charge is 0.224 e. The van der Waals surface area contributed by atoms with Gasteiger partial charge >= 0.3 is 0 Å². The van der Waals surface area contributed by atoms with Crippen LogP contribution in [0, 0.1) is 0 Å². The van der Waals surface area contributed by atoms with E-state index in [4.69, 9.17) is 15.2 Å². The predicted molar refractivity (Wildman–Crippen MR) is 210 cm³/mol. The van der Waals surface area contributed by atoms with E-state index in [9.17, 15) is 14.7 Å². The van der Waals surface area contributed by atoms with Gasteiger partial charge in [-0.3, -0.25) is 9.59 Å². The van der Waals surface area contributed by atoms with Crippen molar-refractivity contribution in [2.75, 3.05) is 30.7 Å². The third kappa shape index (κ3) is 11.5. The van der Waals surface area contributed by atoms with E-state index in [0.29, 0.717) is 30.8 Å². The lowest BCUT2D eigenvalue weighted by Crippen LogP contribution is -2.41. The Labute approximate surface area is 313 Å². The molecule has 5 N–H and O–H groups in total. The number of unbranched alkanes of at least 4 members (excludes halogenated alkanes) is 3. The fraction of sp³-hybridized carbons (Fsp3) is 0.409. The molecule has 2 saturated heterocycles. The van der Waals surface area contributed by atoms with Crippen molar-refractivity contribution in [2.45, 2.75) is 95.9 Å². The maximum atomic E-state index is 12.7. The molecule has 0 aromatic heterocycles. The van der Waals surface area contributed by atoms with Crippen LogP contribution in [0.3, 0.4) is 0 Å². The third-order valence-electron chi connectivity index (χ3n) is 10.2. The number of aliphatic hydroxyl groups is 1. The van der Waals surface area contributed by atoms with Gasteiger partial charge in [0, 0.05) is 37.9 Å². The number of aliphatic hydroxyl groups excluding tert-OH is 1. The quantitative estimate of drug-likeness (QED) is 0.0682. The number of benzene rings is 4. The molecule has 4 aromatic carbocycles. The van der Waals surface area contributed by atoms with Gasteiger partial charge in [0.2, 0.25) is 11.8 Å². The van der Waals surface area contributed by atoms with Crippen molar-refractivity contribution in [3.63, 3.8) is 0 Å². The number of hydrogen-bond donors (Lipinski definition) is 4. The van der Waals surface area contributed by atoms with E-state index in [1.165, 1.54) is 19.3 Å². The zero-order valence-corrected chi connectivity index (χ0v) is 30.7. The molecule has 2 fully saturated rings. The number of nitrogens with two attached hydrogens (primary N) is 1. The monoisotopic (exact) mass is 718 g/mol. The molecule has 0 radical (unpaired) electrons. The lowest BCUT2D eigenvalue weighted by atomic mass is 9.98. The Morgan fingerprint density at radius 1 is 0.736 bits per heavy atom. The topological polar surface area (TPSA) is 126 Å². The standard InChI is InChI=1S/C44H54N4O5/c45-39-16-6-7-17-40(39)47-43(51)19-5-2-1-4-18-42(50)46-29-33-12-10-13-35(26-33)36-14-11-15-37(27-36)44-52-38(30-48-24-8-3-9-25-48)28-41(53-44)34-22-20-32(31-49)21-23-34/h6-7,10-17,20-23,26-27,38,41,44,49H,1-5,8-9,18-19,24-25,28-31,45H2,(H,46,50)(H,47,51)/t38-,41+,44+/m1/s1. The van der Waals surface area contributed by atoms with E-state index >= 15 is 0 Å². The van der Waals surface area contributed by atoms with Crippen molar-refractivity contribution in [1.29, 1.82) is 0 Å². The summed E-state index contributed by atoms with van der Waals surface area (Å²) in [5, 5.41) is 15.5. The SMILES string of the molecule is Nc1ccccc1NC(=O)CCCCCCC(=O)NCc1cccc(-c2cccc([C@H]3O[C@@H](CN4CCCCC4)C[C@@H](c4ccc(CO)cc4)O3)c2)c1. The zero-order valence-electron chi connectivity index (χ0n) is 30.7. The van der Waals surface area contributed by atoms with Gasteiger partial charge in [0.15, 0.2) is 6.29 Å². The van der Waals surface area contributed by atoms with Gasteiger partial charge in [0.1, 0.15) is 0 Å². The first kappa shape index (κ1) is 38.2. The van der Waals surface area contributed by atoms with Crippen molar-refractivity contribution in [3.05, 3.63) is 119 Å². The number of rotatable bonds is 16. The fourth-order valence-electron chi connectivity index (χ4n) is 7.23. The first-order valence-corrected chi connectivity index (χ1v) is 19.3. The van der Waals surface area contributed by atoms with Crippen LogP contribution in [0.15, 0.2) is 97.1 Å². The molecule has 2 aliphatic rings. The number of nitrogens with zero attached hydrogens (tertiary/aromatic N) is 1. The molecule has 0 unspecified atom stereocenters. The van der Waals surface area contributed by atoms with Gasteiger partial charge in [0.25, 0.3) is 0 Å². The highest BCUT2D eigenvalue weighted by Crippen LogP contribution is 2.39. The average molecular weight is 719 g/mol. The molecular weight excluding hydrogens is 665 g/mol. The molecule has 2 aliphatic heterocycles. The molecule has 2 heterocycles. The third-order valence-corrected chi connectivity index (χ3v) is 10.2. The van der Waals surface area contributed by atoms with Crippen LogP contribution in [0.2, 0.25) is 0 Å². The van der Waals surface area contributed by atoms with Crippen molar-refractivity contribution >= 4 is 23.2 Å². The highest BCUT2D eigenvalue weighted by molar-refractivity contribution is 5.93. The van der Waals surface area contributed by atoms with Crippen molar-refractivity contribution in [2.24, 2.45) is 0 Å². The van der Waals surface area contributed by atoms with Gasteiger partial charge in [-0.2, -0.15) is 0 Å². The van der Waals surface area contributed by atoms with Crippen LogP contribution >= 0.6 is 0 Å². The second-order valence-electron chi connectivity index (χ2n) is 14.4. The first-order valence-electron chi connectivity index (χ1n) is 19.3. The largest absolute Gasteiger partial charge is 0.397 e. The minimum Gasteiger partial charge on any atom is -0.397 e. The number of carbonyl (C=O) groups is 2. The summed E-state index contributed by atoms with van der Waals surface area (Å²) in [6.07, 6.45) is 8.19. The molecule has 0 bridgehead atoms. The lowest BCUT2D eigenvalue weighted by Gasteiger charge is -2.39. The van der Waals surface area contributed by atoms with E-state index in [0.717, 1.165) is 85.1 Å². The molecule has 0 saturated carbocycles. The molecule has 53 heavy (non-hydrogen) atoms. The summed E-state index contributed by atoms with van der Waals surface area (Å²) in [6, 6.07) is 32.0. The van der Waals surface area contributed by atoms with Crippen LogP contribution in [0.5, 0.6) is 0 Å². The second kappa shape index (κ2) is 19.5. The number of amides is 2. The first-order chi connectivity index (χ1) is 25.9. The van der Waals surface area contributed by atoms with E-state index < -0.39 is 6.29 Å². The van der Waals surface area contributed by atoms with E-state index in [1.54, 1.807) is 12.1 Å². The van der Waals surface area contributed by atoms with E-state index in [2.05, 4.69) is 64.1 Å².